The van der Waals surface area contributed by atoms with E-state index in [1.54, 1.807) is 0 Å². The Morgan fingerprint density at radius 1 is 1.17 bits per heavy atom. The molecule has 6 nitrogen and oxygen atoms in total. The number of carbonyl (C=O) groups is 1. The first-order valence-corrected chi connectivity index (χ1v) is 7.43. The molecule has 118 valence electrons. The van der Waals surface area contributed by atoms with Crippen LogP contribution in [-0.4, -0.2) is 27.5 Å². The Labute approximate surface area is 133 Å². The first kappa shape index (κ1) is 15.2. The summed E-state index contributed by atoms with van der Waals surface area (Å²) in [4.78, 5) is 23.6. The van der Waals surface area contributed by atoms with E-state index in [-0.39, 0.29) is 19.1 Å². The number of hydrogen-bond acceptors (Lipinski definition) is 5. The number of nitrogens with zero attached hydrogens (tertiary/aromatic N) is 2. The van der Waals surface area contributed by atoms with Gasteiger partial charge in [0, 0.05) is 5.69 Å². The van der Waals surface area contributed by atoms with E-state index in [4.69, 9.17) is 4.74 Å². The third kappa shape index (κ3) is 4.14. The first-order valence-electron chi connectivity index (χ1n) is 7.43. The normalized spacial score (nSPS) is 10.8. The summed E-state index contributed by atoms with van der Waals surface area (Å²) in [5, 5.41) is 3.02. The number of pyridine rings is 1. The highest BCUT2D eigenvalue weighted by Gasteiger charge is 2.06. The van der Waals surface area contributed by atoms with Crippen LogP contribution in [0.4, 0.5) is 0 Å². The molecule has 23 heavy (non-hydrogen) atoms. The van der Waals surface area contributed by atoms with Gasteiger partial charge in [0.1, 0.15) is 12.4 Å². The predicted octanol–water partition coefficient (Wildman–Crippen LogP) is 2.10. The number of imidazole rings is 1. The number of aromatic amines is 1. The quantitative estimate of drug-likeness (QED) is 0.682. The molecular weight excluding hydrogens is 292 g/mol. The van der Waals surface area contributed by atoms with Crippen LogP contribution in [0.5, 0.6) is 0 Å². The third-order valence-corrected chi connectivity index (χ3v) is 3.34. The number of rotatable bonds is 6. The Kier molecular flexibility index (Phi) is 4.63. The molecule has 0 saturated carbocycles. The summed E-state index contributed by atoms with van der Waals surface area (Å²) >= 11 is 0. The largest absolute Gasteiger partial charge is 0.460 e. The molecule has 3 aromatic rings. The van der Waals surface area contributed by atoms with Crippen LogP contribution in [0.2, 0.25) is 0 Å². The zero-order valence-corrected chi connectivity index (χ0v) is 12.9. The van der Waals surface area contributed by atoms with Gasteiger partial charge in [-0.05, 0) is 24.6 Å². The van der Waals surface area contributed by atoms with Crippen molar-refractivity contribution in [1.29, 1.82) is 0 Å². The Morgan fingerprint density at radius 2 is 2.00 bits per heavy atom. The van der Waals surface area contributed by atoms with Crippen LogP contribution in [0.1, 0.15) is 17.1 Å². The van der Waals surface area contributed by atoms with Gasteiger partial charge < -0.3 is 9.72 Å². The minimum absolute atomic E-state index is 0.135. The van der Waals surface area contributed by atoms with E-state index in [1.807, 2.05) is 49.4 Å². The summed E-state index contributed by atoms with van der Waals surface area (Å²) in [7, 11) is 0. The van der Waals surface area contributed by atoms with E-state index in [0.29, 0.717) is 12.2 Å². The van der Waals surface area contributed by atoms with E-state index < -0.39 is 0 Å². The van der Waals surface area contributed by atoms with Crippen LogP contribution < -0.4 is 5.32 Å². The minimum atomic E-state index is -0.293. The van der Waals surface area contributed by atoms with Crippen LogP contribution >= 0.6 is 0 Å². The van der Waals surface area contributed by atoms with Crippen molar-refractivity contribution in [1.82, 2.24) is 20.3 Å². The van der Waals surface area contributed by atoms with Crippen molar-refractivity contribution in [2.24, 2.45) is 0 Å². The lowest BCUT2D eigenvalue weighted by atomic mass is 10.2. The first-order chi connectivity index (χ1) is 11.2. The van der Waals surface area contributed by atoms with Gasteiger partial charge in [-0.15, -0.1) is 0 Å². The fraction of sp³-hybridized carbons (Fsp3) is 0.235. The number of nitrogens with one attached hydrogen (secondary N) is 2. The lowest BCUT2D eigenvalue weighted by molar-refractivity contribution is -0.143. The highest BCUT2D eigenvalue weighted by atomic mass is 16.5. The smallest absolute Gasteiger partial charge is 0.320 e. The van der Waals surface area contributed by atoms with Crippen molar-refractivity contribution in [3.8, 4) is 0 Å². The molecule has 1 aromatic carbocycles. The monoisotopic (exact) mass is 310 g/mol. The van der Waals surface area contributed by atoms with Crippen molar-refractivity contribution in [2.75, 3.05) is 6.54 Å². The summed E-state index contributed by atoms with van der Waals surface area (Å²) in [6, 6.07) is 13.5. The molecule has 0 spiro atoms. The third-order valence-electron chi connectivity index (χ3n) is 3.34. The minimum Gasteiger partial charge on any atom is -0.460 e. The van der Waals surface area contributed by atoms with Crippen LogP contribution in [0.25, 0.3) is 11.2 Å². The van der Waals surface area contributed by atoms with Gasteiger partial charge in [0.15, 0.2) is 5.65 Å². The van der Waals surface area contributed by atoms with E-state index >= 15 is 0 Å². The van der Waals surface area contributed by atoms with Crippen LogP contribution in [0.15, 0.2) is 42.5 Å². The predicted molar refractivity (Wildman–Crippen MR) is 86.6 cm³/mol. The lowest BCUT2D eigenvalue weighted by Gasteiger charge is -2.05. The van der Waals surface area contributed by atoms with Crippen molar-refractivity contribution >= 4 is 17.1 Å². The molecule has 0 radical (unpaired) electrons. The number of aryl methyl sites for hydroxylation is 1. The Morgan fingerprint density at radius 3 is 2.83 bits per heavy atom. The van der Waals surface area contributed by atoms with Gasteiger partial charge in [-0.3, -0.25) is 10.1 Å². The highest BCUT2D eigenvalue weighted by Crippen LogP contribution is 2.09. The molecule has 6 heteroatoms. The van der Waals surface area contributed by atoms with Gasteiger partial charge in [-0.25, -0.2) is 9.97 Å². The second-order valence-electron chi connectivity index (χ2n) is 5.26. The fourth-order valence-corrected chi connectivity index (χ4v) is 2.19. The van der Waals surface area contributed by atoms with Gasteiger partial charge in [0.05, 0.1) is 18.6 Å². The van der Waals surface area contributed by atoms with E-state index in [1.165, 1.54) is 0 Å². The van der Waals surface area contributed by atoms with Crippen molar-refractivity contribution in [3.63, 3.8) is 0 Å². The van der Waals surface area contributed by atoms with Gasteiger partial charge in [0.2, 0.25) is 0 Å². The van der Waals surface area contributed by atoms with Gasteiger partial charge >= 0.3 is 5.97 Å². The lowest BCUT2D eigenvalue weighted by Crippen LogP contribution is -2.24. The maximum atomic E-state index is 11.7. The molecule has 2 N–H and O–H groups in total. The SMILES string of the molecule is Cc1ccc2[nH]c(CNCC(=O)OCc3ccccc3)nc2n1. The van der Waals surface area contributed by atoms with E-state index in [9.17, 15) is 4.79 Å². The Hall–Kier alpha value is -2.73. The average molecular weight is 310 g/mol. The molecule has 2 heterocycles. The number of benzene rings is 1. The number of hydrogen-bond donors (Lipinski definition) is 2. The number of H-pyrrole nitrogens is 1. The number of ether oxygens (including phenoxy) is 1. The topological polar surface area (TPSA) is 79.9 Å². The summed E-state index contributed by atoms with van der Waals surface area (Å²) in [6.07, 6.45) is 0. The number of aromatic nitrogens is 3. The van der Waals surface area contributed by atoms with Crippen molar-refractivity contribution < 1.29 is 9.53 Å². The molecule has 0 saturated heterocycles. The zero-order valence-electron chi connectivity index (χ0n) is 12.9. The average Bonchev–Trinajstić information content (AvgIpc) is 2.95. The second kappa shape index (κ2) is 7.02. The second-order valence-corrected chi connectivity index (χ2v) is 5.26. The standard InChI is InChI=1S/C17H18N4O2/c1-12-7-8-14-17(19-12)21-15(20-14)9-18-10-16(22)23-11-13-5-3-2-4-6-13/h2-8,18H,9-11H2,1H3,(H,19,20,21). The Bertz CT molecular complexity index is 799. The van der Waals surface area contributed by atoms with Crippen molar-refractivity contribution in [2.45, 2.75) is 20.1 Å². The molecule has 0 unspecified atom stereocenters. The molecule has 0 fully saturated rings. The van der Waals surface area contributed by atoms with E-state index in [0.717, 1.165) is 22.6 Å². The zero-order chi connectivity index (χ0) is 16.1. The molecule has 0 bridgehead atoms. The number of esters is 1. The summed E-state index contributed by atoms with van der Waals surface area (Å²) in [5.41, 5.74) is 3.47. The Balaban J connectivity index is 1.45. The van der Waals surface area contributed by atoms with Gasteiger partial charge in [0.25, 0.3) is 0 Å². The summed E-state index contributed by atoms with van der Waals surface area (Å²) < 4.78 is 5.20. The molecule has 3 rings (SSSR count). The molecule has 0 aliphatic heterocycles. The molecule has 0 atom stereocenters. The maximum absolute atomic E-state index is 11.7. The van der Waals surface area contributed by atoms with Crippen LogP contribution in [0.3, 0.4) is 0 Å². The van der Waals surface area contributed by atoms with Gasteiger partial charge in [-0.1, -0.05) is 30.3 Å². The molecular formula is C17H18N4O2. The van der Waals surface area contributed by atoms with Crippen LogP contribution in [0, 0.1) is 6.92 Å². The van der Waals surface area contributed by atoms with Crippen molar-refractivity contribution in [3.05, 3.63) is 59.5 Å². The number of fused-ring (bicyclic) bond motifs is 1. The maximum Gasteiger partial charge on any atom is 0.320 e. The molecule has 0 aliphatic carbocycles. The molecule has 2 aromatic heterocycles. The van der Waals surface area contributed by atoms with Gasteiger partial charge in [-0.2, -0.15) is 0 Å². The van der Waals surface area contributed by atoms with E-state index in [2.05, 4.69) is 20.3 Å². The summed E-state index contributed by atoms with van der Waals surface area (Å²) in [5.74, 6) is 0.452. The molecule has 0 amide bonds. The highest BCUT2D eigenvalue weighted by molar-refractivity contribution is 5.72. The van der Waals surface area contributed by atoms with Crippen LogP contribution in [-0.2, 0) is 22.7 Å². The summed E-state index contributed by atoms with van der Waals surface area (Å²) in [6.45, 7) is 2.80. The molecule has 0 aliphatic rings. The fourth-order valence-electron chi connectivity index (χ4n) is 2.19. The number of carbonyl (C=O) groups excluding carboxylic acids is 1.